The number of hydrogen-bond donors (Lipinski definition) is 1. The predicted octanol–water partition coefficient (Wildman–Crippen LogP) is 1.24. The van der Waals surface area contributed by atoms with Gasteiger partial charge in [-0.25, -0.2) is 4.79 Å². The van der Waals surface area contributed by atoms with E-state index in [-0.39, 0.29) is 5.56 Å². The molecule has 17 heavy (non-hydrogen) atoms. The molecule has 2 rings (SSSR count). The number of hydrogen-bond acceptors (Lipinski definition) is 3. The van der Waals surface area contributed by atoms with E-state index in [1.165, 1.54) is 6.07 Å². The Hall–Kier alpha value is -2.43. The smallest absolute Gasteiger partial charge is 0.341 e. The average molecular weight is 230 g/mol. The normalized spacial score (nSPS) is 10.2. The number of aromatic carboxylic acids is 1. The van der Waals surface area contributed by atoms with E-state index in [2.05, 4.69) is 5.10 Å². The molecule has 0 aliphatic carbocycles. The minimum absolute atomic E-state index is 0.277. The van der Waals surface area contributed by atoms with Crippen molar-refractivity contribution in [1.29, 1.82) is 0 Å². The Balaban J connectivity index is 2.72. The Morgan fingerprint density at radius 1 is 1.29 bits per heavy atom. The largest absolute Gasteiger partial charge is 0.477 e. The van der Waals surface area contributed by atoms with Crippen LogP contribution >= 0.6 is 0 Å². The van der Waals surface area contributed by atoms with Gasteiger partial charge >= 0.3 is 5.97 Å². The molecule has 5 nitrogen and oxygen atoms in total. The van der Waals surface area contributed by atoms with Gasteiger partial charge in [0, 0.05) is 0 Å². The summed E-state index contributed by atoms with van der Waals surface area (Å²) in [5.74, 6) is -1.25. The highest BCUT2D eigenvalue weighted by Gasteiger charge is 2.13. The van der Waals surface area contributed by atoms with Crippen LogP contribution < -0.4 is 5.56 Å². The number of aryl methyl sites for hydroxylation is 1. The Labute approximate surface area is 97.0 Å². The SMILES string of the molecule is Cc1cc(C(=O)O)c(=O)n(-c2ccccc2)n1. The Kier molecular flexibility index (Phi) is 2.74. The number of carboxylic acid groups (broad SMARTS) is 1. The second-order valence-electron chi connectivity index (χ2n) is 3.56. The van der Waals surface area contributed by atoms with Gasteiger partial charge in [0.05, 0.1) is 11.4 Å². The summed E-state index contributed by atoms with van der Waals surface area (Å²) in [6, 6.07) is 9.98. The van der Waals surface area contributed by atoms with Crippen LogP contribution in [0.2, 0.25) is 0 Å². The summed E-state index contributed by atoms with van der Waals surface area (Å²) in [4.78, 5) is 22.8. The minimum Gasteiger partial charge on any atom is -0.477 e. The molecule has 1 N–H and O–H groups in total. The molecule has 0 aliphatic rings. The molecule has 0 bridgehead atoms. The first-order valence-corrected chi connectivity index (χ1v) is 4.99. The van der Waals surface area contributed by atoms with Gasteiger partial charge in [0.2, 0.25) is 0 Å². The zero-order valence-corrected chi connectivity index (χ0v) is 9.12. The lowest BCUT2D eigenvalue weighted by Gasteiger charge is -2.06. The van der Waals surface area contributed by atoms with Gasteiger partial charge in [-0.2, -0.15) is 9.78 Å². The van der Waals surface area contributed by atoms with Gasteiger partial charge in [0.1, 0.15) is 5.56 Å². The van der Waals surface area contributed by atoms with Crippen molar-refractivity contribution in [2.45, 2.75) is 6.92 Å². The van der Waals surface area contributed by atoms with Gasteiger partial charge in [-0.05, 0) is 25.1 Å². The summed E-state index contributed by atoms with van der Waals surface area (Å²) in [5.41, 5.74) is 0.116. The molecular formula is C12H10N2O3. The topological polar surface area (TPSA) is 72.2 Å². The van der Waals surface area contributed by atoms with E-state index in [0.29, 0.717) is 11.4 Å². The van der Waals surface area contributed by atoms with E-state index in [4.69, 9.17) is 5.11 Å². The molecule has 0 fully saturated rings. The fraction of sp³-hybridized carbons (Fsp3) is 0.0833. The molecule has 5 heteroatoms. The maximum absolute atomic E-state index is 11.9. The van der Waals surface area contributed by atoms with Crippen LogP contribution in [-0.4, -0.2) is 20.9 Å². The van der Waals surface area contributed by atoms with E-state index in [1.54, 1.807) is 31.2 Å². The number of carboxylic acids is 1. The van der Waals surface area contributed by atoms with Crippen LogP contribution in [0.4, 0.5) is 0 Å². The number of para-hydroxylation sites is 1. The molecule has 1 aromatic heterocycles. The van der Waals surface area contributed by atoms with Crippen LogP contribution in [0.5, 0.6) is 0 Å². The highest BCUT2D eigenvalue weighted by atomic mass is 16.4. The maximum atomic E-state index is 11.9. The third kappa shape index (κ3) is 2.08. The second-order valence-corrected chi connectivity index (χ2v) is 3.56. The lowest BCUT2D eigenvalue weighted by atomic mass is 10.2. The first-order chi connectivity index (χ1) is 8.09. The molecule has 0 unspecified atom stereocenters. The van der Waals surface area contributed by atoms with Crippen molar-refractivity contribution in [1.82, 2.24) is 9.78 Å². The van der Waals surface area contributed by atoms with Crippen molar-refractivity contribution >= 4 is 5.97 Å². The molecule has 1 heterocycles. The molecule has 2 aromatic rings. The van der Waals surface area contributed by atoms with Crippen molar-refractivity contribution in [3.8, 4) is 5.69 Å². The maximum Gasteiger partial charge on any atom is 0.341 e. The fourth-order valence-electron chi connectivity index (χ4n) is 1.51. The molecule has 0 amide bonds. The predicted molar refractivity (Wildman–Crippen MR) is 61.5 cm³/mol. The third-order valence-corrected chi connectivity index (χ3v) is 2.26. The third-order valence-electron chi connectivity index (χ3n) is 2.26. The van der Waals surface area contributed by atoms with Crippen LogP contribution in [0.1, 0.15) is 16.1 Å². The van der Waals surface area contributed by atoms with Crippen LogP contribution in [0, 0.1) is 6.92 Å². The minimum atomic E-state index is -1.25. The van der Waals surface area contributed by atoms with Crippen LogP contribution in [0.3, 0.4) is 0 Å². The van der Waals surface area contributed by atoms with Gasteiger partial charge < -0.3 is 5.11 Å². The summed E-state index contributed by atoms with van der Waals surface area (Å²) < 4.78 is 1.10. The van der Waals surface area contributed by atoms with E-state index in [9.17, 15) is 9.59 Å². The van der Waals surface area contributed by atoms with E-state index < -0.39 is 11.5 Å². The second kappa shape index (κ2) is 4.21. The first-order valence-electron chi connectivity index (χ1n) is 4.99. The Bertz CT molecular complexity index is 617. The summed E-state index contributed by atoms with van der Waals surface area (Å²) in [6.45, 7) is 1.64. The summed E-state index contributed by atoms with van der Waals surface area (Å²) >= 11 is 0. The lowest BCUT2D eigenvalue weighted by molar-refractivity contribution is 0.0694. The zero-order chi connectivity index (χ0) is 12.4. The van der Waals surface area contributed by atoms with E-state index in [1.807, 2.05) is 6.07 Å². The zero-order valence-electron chi connectivity index (χ0n) is 9.12. The molecule has 86 valence electrons. The molecule has 0 radical (unpaired) electrons. The molecule has 1 aromatic carbocycles. The molecule has 0 aliphatic heterocycles. The number of nitrogens with zero attached hydrogens (tertiary/aromatic N) is 2. The fourth-order valence-corrected chi connectivity index (χ4v) is 1.51. The molecule has 0 saturated carbocycles. The monoisotopic (exact) mass is 230 g/mol. The van der Waals surface area contributed by atoms with Crippen molar-refractivity contribution in [3.05, 3.63) is 58.0 Å². The molecule has 0 saturated heterocycles. The summed E-state index contributed by atoms with van der Waals surface area (Å²) in [7, 11) is 0. The summed E-state index contributed by atoms with van der Waals surface area (Å²) in [6.07, 6.45) is 0. The highest BCUT2D eigenvalue weighted by molar-refractivity contribution is 5.87. The molecular weight excluding hydrogens is 220 g/mol. The van der Waals surface area contributed by atoms with Crippen molar-refractivity contribution in [3.63, 3.8) is 0 Å². The standard InChI is InChI=1S/C12H10N2O3/c1-8-7-10(12(16)17)11(15)14(13-8)9-5-3-2-4-6-9/h2-7H,1H3,(H,16,17). The van der Waals surface area contributed by atoms with Gasteiger partial charge in [-0.15, -0.1) is 0 Å². The van der Waals surface area contributed by atoms with Crippen molar-refractivity contribution in [2.24, 2.45) is 0 Å². The van der Waals surface area contributed by atoms with Gasteiger partial charge in [0.25, 0.3) is 5.56 Å². The van der Waals surface area contributed by atoms with Crippen LogP contribution in [-0.2, 0) is 0 Å². The van der Waals surface area contributed by atoms with Crippen LogP contribution in [0.25, 0.3) is 5.69 Å². The molecule has 0 atom stereocenters. The van der Waals surface area contributed by atoms with Crippen LogP contribution in [0.15, 0.2) is 41.2 Å². The number of carbonyl (C=O) groups is 1. The first kappa shape index (κ1) is 11.1. The Morgan fingerprint density at radius 3 is 2.53 bits per heavy atom. The van der Waals surface area contributed by atoms with Gasteiger partial charge in [-0.3, -0.25) is 4.79 Å². The Morgan fingerprint density at radius 2 is 1.94 bits per heavy atom. The number of benzene rings is 1. The number of rotatable bonds is 2. The van der Waals surface area contributed by atoms with E-state index in [0.717, 1.165) is 4.68 Å². The quantitative estimate of drug-likeness (QED) is 0.842. The van der Waals surface area contributed by atoms with E-state index >= 15 is 0 Å². The molecule has 0 spiro atoms. The summed E-state index contributed by atoms with van der Waals surface area (Å²) in [5, 5.41) is 12.9. The number of aromatic nitrogens is 2. The van der Waals surface area contributed by atoms with Crippen molar-refractivity contribution in [2.75, 3.05) is 0 Å². The van der Waals surface area contributed by atoms with Gasteiger partial charge in [-0.1, -0.05) is 18.2 Å². The highest BCUT2D eigenvalue weighted by Crippen LogP contribution is 2.04. The van der Waals surface area contributed by atoms with Gasteiger partial charge in [0.15, 0.2) is 0 Å². The van der Waals surface area contributed by atoms with Crippen molar-refractivity contribution < 1.29 is 9.90 Å². The average Bonchev–Trinajstić information content (AvgIpc) is 2.32. The lowest BCUT2D eigenvalue weighted by Crippen LogP contribution is -2.27.